The molecule has 90 valence electrons. The number of hydrogen-bond acceptors (Lipinski definition) is 2. The lowest BCUT2D eigenvalue weighted by atomic mass is 9.92. The minimum atomic E-state index is 0.806. The minimum Gasteiger partial charge on any atom is -0.317 e. The molecule has 1 aromatic heterocycles. The predicted octanol–water partition coefficient (Wildman–Crippen LogP) is 2.41. The summed E-state index contributed by atoms with van der Waals surface area (Å²) in [6, 6.07) is 6.47. The van der Waals surface area contributed by atoms with E-state index in [2.05, 4.69) is 40.6 Å². The van der Waals surface area contributed by atoms with Crippen LogP contribution in [-0.4, -0.2) is 23.3 Å². The van der Waals surface area contributed by atoms with Gasteiger partial charge in [0.05, 0.1) is 5.52 Å². The van der Waals surface area contributed by atoms with Gasteiger partial charge in [0.1, 0.15) is 0 Å². The fourth-order valence-electron chi connectivity index (χ4n) is 2.71. The van der Waals surface area contributed by atoms with E-state index in [1.165, 1.54) is 29.5 Å². The molecule has 1 aliphatic heterocycles. The molecule has 3 nitrogen and oxygen atoms in total. The molecule has 17 heavy (non-hydrogen) atoms. The predicted molar refractivity (Wildman–Crippen MR) is 70.1 cm³/mol. The molecule has 0 radical (unpaired) electrons. The smallest absolute Gasteiger partial charge is 0.0923 e. The van der Waals surface area contributed by atoms with Gasteiger partial charge in [-0.05, 0) is 57.3 Å². The summed E-state index contributed by atoms with van der Waals surface area (Å²) < 4.78 is 0. The molecule has 0 aliphatic carbocycles. The fourth-order valence-corrected chi connectivity index (χ4v) is 2.71. The summed E-state index contributed by atoms with van der Waals surface area (Å²) in [5.74, 6) is 0.806. The molecule has 1 fully saturated rings. The summed E-state index contributed by atoms with van der Waals surface area (Å²) in [5.41, 5.74) is 3.72. The van der Waals surface area contributed by atoms with Crippen molar-refractivity contribution >= 4 is 10.9 Å². The quantitative estimate of drug-likeness (QED) is 0.830. The molecule has 2 heterocycles. The number of aryl methyl sites for hydroxylation is 1. The van der Waals surface area contributed by atoms with Gasteiger partial charge in [-0.3, -0.25) is 5.10 Å². The highest BCUT2D eigenvalue weighted by molar-refractivity contribution is 5.82. The number of nitrogens with zero attached hydrogens (tertiary/aromatic N) is 1. The lowest BCUT2D eigenvalue weighted by molar-refractivity contribution is 0.370. The van der Waals surface area contributed by atoms with Crippen molar-refractivity contribution in [2.75, 3.05) is 13.1 Å². The van der Waals surface area contributed by atoms with Crippen molar-refractivity contribution in [2.45, 2.75) is 26.2 Å². The maximum absolute atomic E-state index is 4.38. The number of aromatic amines is 1. The number of hydrogen-bond donors (Lipinski definition) is 2. The number of piperidine rings is 1. The summed E-state index contributed by atoms with van der Waals surface area (Å²) in [6.07, 6.45) is 3.71. The second-order valence-corrected chi connectivity index (χ2v) is 5.12. The third-order valence-corrected chi connectivity index (χ3v) is 3.74. The van der Waals surface area contributed by atoms with E-state index < -0.39 is 0 Å². The molecule has 0 saturated carbocycles. The van der Waals surface area contributed by atoms with Crippen molar-refractivity contribution in [3.63, 3.8) is 0 Å². The Morgan fingerprint density at radius 3 is 2.94 bits per heavy atom. The molecule has 2 aromatic rings. The van der Waals surface area contributed by atoms with Gasteiger partial charge in [0.25, 0.3) is 0 Å². The van der Waals surface area contributed by atoms with Crippen LogP contribution in [0.4, 0.5) is 0 Å². The molecular weight excluding hydrogens is 210 g/mol. The molecule has 3 heteroatoms. The van der Waals surface area contributed by atoms with Crippen LogP contribution >= 0.6 is 0 Å². The first-order valence-corrected chi connectivity index (χ1v) is 6.47. The maximum Gasteiger partial charge on any atom is 0.0923 e. The second kappa shape index (κ2) is 4.49. The highest BCUT2D eigenvalue weighted by Gasteiger charge is 2.16. The Kier molecular flexibility index (Phi) is 2.85. The van der Waals surface area contributed by atoms with Crippen LogP contribution in [0.2, 0.25) is 0 Å². The Labute approximate surface area is 102 Å². The van der Waals surface area contributed by atoms with E-state index in [-0.39, 0.29) is 0 Å². The zero-order chi connectivity index (χ0) is 11.7. The first-order chi connectivity index (χ1) is 8.33. The summed E-state index contributed by atoms with van der Waals surface area (Å²) in [5, 5.41) is 12.3. The Morgan fingerprint density at radius 1 is 1.29 bits per heavy atom. The van der Waals surface area contributed by atoms with Crippen LogP contribution in [0.3, 0.4) is 0 Å². The largest absolute Gasteiger partial charge is 0.317 e. The normalized spacial score (nSPS) is 17.7. The van der Waals surface area contributed by atoms with Gasteiger partial charge >= 0.3 is 0 Å². The lowest BCUT2D eigenvalue weighted by Crippen LogP contribution is -2.28. The molecule has 1 aromatic carbocycles. The monoisotopic (exact) mass is 229 g/mol. The van der Waals surface area contributed by atoms with Crippen molar-refractivity contribution in [2.24, 2.45) is 5.92 Å². The van der Waals surface area contributed by atoms with E-state index in [1.807, 2.05) is 0 Å². The second-order valence-electron chi connectivity index (χ2n) is 5.12. The zero-order valence-corrected chi connectivity index (χ0v) is 10.3. The van der Waals surface area contributed by atoms with Crippen LogP contribution in [-0.2, 0) is 6.42 Å². The molecule has 0 unspecified atom stereocenters. The van der Waals surface area contributed by atoms with Gasteiger partial charge in [0.2, 0.25) is 0 Å². The molecule has 1 saturated heterocycles. The SMILES string of the molecule is Cc1ccc2n[nH]c(CC3CCNCC3)c2c1. The van der Waals surface area contributed by atoms with Crippen molar-refractivity contribution in [1.29, 1.82) is 0 Å². The number of rotatable bonds is 2. The minimum absolute atomic E-state index is 0.806. The van der Waals surface area contributed by atoms with E-state index in [1.54, 1.807) is 0 Å². The third kappa shape index (κ3) is 2.20. The van der Waals surface area contributed by atoms with Crippen molar-refractivity contribution in [3.8, 4) is 0 Å². The molecule has 2 N–H and O–H groups in total. The van der Waals surface area contributed by atoms with E-state index in [0.717, 1.165) is 30.9 Å². The number of nitrogens with one attached hydrogen (secondary N) is 2. The zero-order valence-electron chi connectivity index (χ0n) is 10.3. The molecule has 3 rings (SSSR count). The van der Waals surface area contributed by atoms with Gasteiger partial charge in [-0.15, -0.1) is 0 Å². The van der Waals surface area contributed by atoms with E-state index in [4.69, 9.17) is 0 Å². The highest BCUT2D eigenvalue weighted by atomic mass is 15.1. The van der Waals surface area contributed by atoms with Crippen molar-refractivity contribution in [1.82, 2.24) is 15.5 Å². The summed E-state index contributed by atoms with van der Waals surface area (Å²) in [6.45, 7) is 4.46. The average Bonchev–Trinajstić information content (AvgIpc) is 2.73. The Balaban J connectivity index is 1.86. The first-order valence-electron chi connectivity index (χ1n) is 6.47. The average molecular weight is 229 g/mol. The van der Waals surface area contributed by atoms with Gasteiger partial charge in [0, 0.05) is 11.1 Å². The standard InChI is InChI=1S/C14H19N3/c1-10-2-3-13-12(8-10)14(17-16-13)9-11-4-6-15-7-5-11/h2-3,8,11,15H,4-7,9H2,1H3,(H,16,17). The van der Waals surface area contributed by atoms with Crippen LogP contribution in [0, 0.1) is 12.8 Å². The molecule has 0 spiro atoms. The van der Waals surface area contributed by atoms with Gasteiger partial charge in [-0.1, -0.05) is 11.6 Å². The van der Waals surface area contributed by atoms with Gasteiger partial charge in [0.15, 0.2) is 0 Å². The maximum atomic E-state index is 4.38. The van der Waals surface area contributed by atoms with E-state index >= 15 is 0 Å². The van der Waals surface area contributed by atoms with Gasteiger partial charge in [-0.2, -0.15) is 5.10 Å². The number of aromatic nitrogens is 2. The number of H-pyrrole nitrogens is 1. The number of benzene rings is 1. The summed E-state index contributed by atoms with van der Waals surface area (Å²) in [4.78, 5) is 0. The van der Waals surface area contributed by atoms with E-state index in [0.29, 0.717) is 0 Å². The van der Waals surface area contributed by atoms with Crippen LogP contribution in [0.1, 0.15) is 24.1 Å². The van der Waals surface area contributed by atoms with Crippen LogP contribution < -0.4 is 5.32 Å². The van der Waals surface area contributed by atoms with Gasteiger partial charge < -0.3 is 5.32 Å². The highest BCUT2D eigenvalue weighted by Crippen LogP contribution is 2.23. The Bertz CT molecular complexity index is 509. The molecule has 0 bridgehead atoms. The van der Waals surface area contributed by atoms with Crippen LogP contribution in [0.15, 0.2) is 18.2 Å². The number of fused-ring (bicyclic) bond motifs is 1. The Hall–Kier alpha value is -1.35. The lowest BCUT2D eigenvalue weighted by Gasteiger charge is -2.21. The van der Waals surface area contributed by atoms with Crippen LogP contribution in [0.25, 0.3) is 10.9 Å². The van der Waals surface area contributed by atoms with E-state index in [9.17, 15) is 0 Å². The Morgan fingerprint density at radius 2 is 2.12 bits per heavy atom. The third-order valence-electron chi connectivity index (χ3n) is 3.74. The summed E-state index contributed by atoms with van der Waals surface area (Å²) >= 11 is 0. The van der Waals surface area contributed by atoms with Crippen LogP contribution in [0.5, 0.6) is 0 Å². The topological polar surface area (TPSA) is 40.7 Å². The molecule has 1 aliphatic rings. The van der Waals surface area contributed by atoms with Gasteiger partial charge in [-0.25, -0.2) is 0 Å². The van der Waals surface area contributed by atoms with Crippen molar-refractivity contribution < 1.29 is 0 Å². The first kappa shape index (κ1) is 10.8. The molecular formula is C14H19N3. The van der Waals surface area contributed by atoms with Crippen molar-refractivity contribution in [3.05, 3.63) is 29.5 Å². The fraction of sp³-hybridized carbons (Fsp3) is 0.500. The summed E-state index contributed by atoms with van der Waals surface area (Å²) in [7, 11) is 0. The molecule has 0 amide bonds. The molecule has 0 atom stereocenters.